The van der Waals surface area contributed by atoms with E-state index in [1.54, 1.807) is 25.1 Å². The van der Waals surface area contributed by atoms with Crippen molar-refractivity contribution in [2.24, 2.45) is 0 Å². The van der Waals surface area contributed by atoms with E-state index in [4.69, 9.17) is 13.9 Å². The zero-order valence-electron chi connectivity index (χ0n) is 15.3. The minimum absolute atomic E-state index is 0.0833. The third-order valence-electron chi connectivity index (χ3n) is 4.37. The number of furan rings is 1. The van der Waals surface area contributed by atoms with E-state index in [1.165, 1.54) is 6.26 Å². The largest absolute Gasteiger partial charge is 0.489 e. The highest BCUT2D eigenvalue weighted by Crippen LogP contribution is 2.25. The molecular weight excluding hydrogens is 348 g/mol. The van der Waals surface area contributed by atoms with E-state index in [-0.39, 0.29) is 24.5 Å². The minimum Gasteiger partial charge on any atom is -0.489 e. The number of aryl methyl sites for hydroxylation is 1. The number of anilines is 1. The molecule has 0 radical (unpaired) electrons. The molecule has 2 aromatic rings. The summed E-state index contributed by atoms with van der Waals surface area (Å²) < 4.78 is 16.6. The molecule has 27 heavy (non-hydrogen) atoms. The topological polar surface area (TPSA) is 89.8 Å². The lowest BCUT2D eigenvalue weighted by molar-refractivity contribution is -0.115. The number of benzene rings is 1. The molecule has 2 heterocycles. The standard InChI is InChI=1S/C20H24N2O5/c1-14-16(9-11-25-14)20(24)21-12-19(23)22-17-7-2-3-8-18(17)27-13-15-6-4-5-10-26-15/h2-3,7-9,11,15H,4-6,10,12-13H2,1H3,(H,21,24)(H,22,23). The zero-order chi connectivity index (χ0) is 19.1. The summed E-state index contributed by atoms with van der Waals surface area (Å²) in [4.78, 5) is 24.2. The number of para-hydroxylation sites is 2. The summed E-state index contributed by atoms with van der Waals surface area (Å²) in [6.07, 6.45) is 4.73. The van der Waals surface area contributed by atoms with Gasteiger partial charge in [-0.2, -0.15) is 0 Å². The minimum atomic E-state index is -0.351. The Kier molecular flexibility index (Phi) is 6.49. The van der Waals surface area contributed by atoms with E-state index in [9.17, 15) is 9.59 Å². The van der Waals surface area contributed by atoms with Crippen LogP contribution in [0.25, 0.3) is 0 Å². The van der Waals surface area contributed by atoms with Gasteiger partial charge in [0.05, 0.1) is 30.2 Å². The maximum atomic E-state index is 12.2. The molecule has 144 valence electrons. The van der Waals surface area contributed by atoms with Crippen LogP contribution in [-0.4, -0.2) is 37.7 Å². The number of nitrogens with one attached hydrogen (secondary N) is 2. The predicted molar refractivity (Wildman–Crippen MR) is 99.9 cm³/mol. The fourth-order valence-electron chi connectivity index (χ4n) is 2.89. The van der Waals surface area contributed by atoms with Gasteiger partial charge in [0, 0.05) is 6.61 Å². The second-order valence-electron chi connectivity index (χ2n) is 6.42. The van der Waals surface area contributed by atoms with E-state index >= 15 is 0 Å². The van der Waals surface area contributed by atoms with Crippen molar-refractivity contribution in [3.05, 3.63) is 47.9 Å². The normalized spacial score (nSPS) is 16.6. The Balaban J connectivity index is 1.51. The van der Waals surface area contributed by atoms with Crippen molar-refractivity contribution in [2.45, 2.75) is 32.3 Å². The number of hydrogen-bond acceptors (Lipinski definition) is 5. The van der Waals surface area contributed by atoms with Crippen molar-refractivity contribution in [2.75, 3.05) is 25.1 Å². The molecule has 0 saturated carbocycles. The van der Waals surface area contributed by atoms with Crippen LogP contribution in [0.15, 0.2) is 41.0 Å². The molecule has 0 bridgehead atoms. The van der Waals surface area contributed by atoms with Gasteiger partial charge in [0.25, 0.3) is 5.91 Å². The first kappa shape index (κ1) is 19.0. The van der Waals surface area contributed by atoms with Crippen LogP contribution in [0.2, 0.25) is 0 Å². The van der Waals surface area contributed by atoms with Crippen LogP contribution in [0.4, 0.5) is 5.69 Å². The molecule has 3 rings (SSSR count). The van der Waals surface area contributed by atoms with Crippen molar-refractivity contribution in [1.82, 2.24) is 5.32 Å². The molecule has 1 saturated heterocycles. The van der Waals surface area contributed by atoms with E-state index in [0.717, 1.165) is 25.9 Å². The third kappa shape index (κ3) is 5.34. The van der Waals surface area contributed by atoms with Crippen LogP contribution in [0.1, 0.15) is 35.4 Å². The van der Waals surface area contributed by atoms with Crippen LogP contribution >= 0.6 is 0 Å². The number of rotatable bonds is 7. The smallest absolute Gasteiger partial charge is 0.255 e. The molecular formula is C20H24N2O5. The van der Waals surface area contributed by atoms with Crippen LogP contribution < -0.4 is 15.4 Å². The second-order valence-corrected chi connectivity index (χ2v) is 6.42. The quantitative estimate of drug-likeness (QED) is 0.780. The van der Waals surface area contributed by atoms with Gasteiger partial charge in [-0.1, -0.05) is 12.1 Å². The first-order valence-electron chi connectivity index (χ1n) is 9.09. The Morgan fingerprint density at radius 1 is 1.22 bits per heavy atom. The summed E-state index contributed by atoms with van der Waals surface area (Å²) in [7, 11) is 0. The van der Waals surface area contributed by atoms with Gasteiger partial charge >= 0.3 is 0 Å². The lowest BCUT2D eigenvalue weighted by Gasteiger charge is -2.23. The molecule has 0 aliphatic carbocycles. The number of ether oxygens (including phenoxy) is 2. The number of carbonyl (C=O) groups excluding carboxylic acids is 2. The summed E-state index contributed by atoms with van der Waals surface area (Å²) >= 11 is 0. The first-order valence-corrected chi connectivity index (χ1v) is 9.09. The van der Waals surface area contributed by atoms with E-state index < -0.39 is 0 Å². The molecule has 1 atom stereocenters. The number of carbonyl (C=O) groups is 2. The van der Waals surface area contributed by atoms with E-state index in [1.807, 2.05) is 12.1 Å². The van der Waals surface area contributed by atoms with E-state index in [0.29, 0.717) is 29.4 Å². The van der Waals surface area contributed by atoms with Gasteiger partial charge < -0.3 is 24.5 Å². The summed E-state index contributed by atoms with van der Waals surface area (Å²) in [5.74, 6) is 0.401. The molecule has 7 nitrogen and oxygen atoms in total. The molecule has 1 aliphatic rings. The van der Waals surface area contributed by atoms with Gasteiger partial charge in [0.1, 0.15) is 18.1 Å². The lowest BCUT2D eigenvalue weighted by Crippen LogP contribution is -2.33. The monoisotopic (exact) mass is 372 g/mol. The summed E-state index contributed by atoms with van der Waals surface area (Å²) in [5.41, 5.74) is 0.978. The van der Waals surface area contributed by atoms with Gasteiger partial charge in [-0.3, -0.25) is 9.59 Å². The third-order valence-corrected chi connectivity index (χ3v) is 4.37. The van der Waals surface area contributed by atoms with Crippen molar-refractivity contribution < 1.29 is 23.5 Å². The Morgan fingerprint density at radius 2 is 2.07 bits per heavy atom. The van der Waals surface area contributed by atoms with Gasteiger partial charge in [-0.05, 0) is 44.4 Å². The zero-order valence-corrected chi connectivity index (χ0v) is 15.3. The fourth-order valence-corrected chi connectivity index (χ4v) is 2.89. The number of amides is 2. The van der Waals surface area contributed by atoms with E-state index in [2.05, 4.69) is 10.6 Å². The van der Waals surface area contributed by atoms with Gasteiger partial charge in [-0.15, -0.1) is 0 Å². The molecule has 2 amide bonds. The predicted octanol–water partition coefficient (Wildman–Crippen LogP) is 2.90. The Labute approximate surface area is 158 Å². The average Bonchev–Trinajstić information content (AvgIpc) is 3.12. The van der Waals surface area contributed by atoms with Crippen molar-refractivity contribution in [3.63, 3.8) is 0 Å². The maximum absolute atomic E-state index is 12.2. The SMILES string of the molecule is Cc1occc1C(=O)NCC(=O)Nc1ccccc1OCC1CCCCO1. The first-order chi connectivity index (χ1) is 13.1. The molecule has 0 spiro atoms. The number of hydrogen-bond donors (Lipinski definition) is 2. The lowest BCUT2D eigenvalue weighted by atomic mass is 10.1. The Hall–Kier alpha value is -2.80. The highest BCUT2D eigenvalue weighted by Gasteiger charge is 2.16. The Bertz CT molecular complexity index is 780. The van der Waals surface area contributed by atoms with Crippen LogP contribution in [0.3, 0.4) is 0 Å². The summed E-state index contributed by atoms with van der Waals surface area (Å²) in [5, 5.41) is 5.35. The summed E-state index contributed by atoms with van der Waals surface area (Å²) in [6, 6.07) is 8.78. The molecule has 1 aromatic carbocycles. The Morgan fingerprint density at radius 3 is 2.81 bits per heavy atom. The molecule has 1 aromatic heterocycles. The van der Waals surface area contributed by atoms with Crippen LogP contribution in [-0.2, 0) is 9.53 Å². The van der Waals surface area contributed by atoms with Gasteiger partial charge in [0.2, 0.25) is 5.91 Å². The highest BCUT2D eigenvalue weighted by atomic mass is 16.5. The van der Waals surface area contributed by atoms with Crippen molar-refractivity contribution >= 4 is 17.5 Å². The average molecular weight is 372 g/mol. The second kappa shape index (κ2) is 9.23. The van der Waals surface area contributed by atoms with Crippen molar-refractivity contribution in [3.8, 4) is 5.75 Å². The highest BCUT2D eigenvalue weighted by molar-refractivity contribution is 6.00. The molecule has 1 unspecified atom stereocenters. The van der Waals surface area contributed by atoms with Crippen LogP contribution in [0, 0.1) is 6.92 Å². The molecule has 1 aliphatic heterocycles. The molecule has 1 fully saturated rings. The maximum Gasteiger partial charge on any atom is 0.255 e. The molecule has 2 N–H and O–H groups in total. The summed E-state index contributed by atoms with van der Waals surface area (Å²) in [6.45, 7) is 2.76. The fraction of sp³-hybridized carbons (Fsp3) is 0.400. The van der Waals surface area contributed by atoms with Crippen molar-refractivity contribution in [1.29, 1.82) is 0 Å². The van der Waals surface area contributed by atoms with Gasteiger partial charge in [0.15, 0.2) is 0 Å². The molecule has 7 heteroatoms. The van der Waals surface area contributed by atoms with Gasteiger partial charge in [-0.25, -0.2) is 0 Å². The van der Waals surface area contributed by atoms with Crippen LogP contribution in [0.5, 0.6) is 5.75 Å².